The van der Waals surface area contributed by atoms with Crippen molar-refractivity contribution in [1.29, 1.82) is 0 Å². The Morgan fingerprint density at radius 1 is 0.917 bits per heavy atom. The highest BCUT2D eigenvalue weighted by Crippen LogP contribution is 2.50. The van der Waals surface area contributed by atoms with Crippen molar-refractivity contribution >= 4 is 14.3 Å². The zero-order valence-corrected chi connectivity index (χ0v) is 24.0. The second-order valence-electron chi connectivity index (χ2n) is 11.7. The Morgan fingerprint density at radius 2 is 1.53 bits per heavy atom. The van der Waals surface area contributed by atoms with Crippen LogP contribution in [0, 0.1) is 20.8 Å². The normalized spacial score (nSPS) is 17.4. The molecule has 0 spiro atoms. The first-order chi connectivity index (χ1) is 16.7. The third-order valence-corrected chi connectivity index (χ3v) is 12.3. The second-order valence-corrected chi connectivity index (χ2v) is 16.4. The van der Waals surface area contributed by atoms with E-state index in [9.17, 15) is 4.79 Å². The summed E-state index contributed by atoms with van der Waals surface area (Å²) in [6.07, 6.45) is 0.747. The molecule has 0 saturated carbocycles. The third-order valence-electron chi connectivity index (χ3n) is 8.00. The van der Waals surface area contributed by atoms with Gasteiger partial charge in [-0.25, -0.2) is 4.79 Å². The molecule has 1 heterocycles. The molecule has 36 heavy (non-hydrogen) atoms. The molecule has 0 fully saturated rings. The van der Waals surface area contributed by atoms with Gasteiger partial charge in [-0.3, -0.25) is 0 Å². The van der Waals surface area contributed by atoms with E-state index in [1.807, 2.05) is 42.5 Å². The minimum atomic E-state index is -1.99. The summed E-state index contributed by atoms with van der Waals surface area (Å²) >= 11 is 0. The summed E-state index contributed by atoms with van der Waals surface area (Å²) in [6.45, 7) is 19.9. The van der Waals surface area contributed by atoms with E-state index in [1.165, 1.54) is 11.1 Å². The van der Waals surface area contributed by atoms with Gasteiger partial charge in [-0.2, -0.15) is 0 Å². The Kier molecular flexibility index (Phi) is 6.59. The molecular weight excluding hydrogens is 464 g/mol. The van der Waals surface area contributed by atoms with Gasteiger partial charge in [0.25, 0.3) is 8.32 Å². The van der Waals surface area contributed by atoms with Gasteiger partial charge in [-0.15, -0.1) is 0 Å². The Morgan fingerprint density at radius 3 is 2.11 bits per heavy atom. The summed E-state index contributed by atoms with van der Waals surface area (Å²) in [5.41, 5.74) is 5.68. The van der Waals surface area contributed by atoms with E-state index in [4.69, 9.17) is 13.9 Å². The quantitative estimate of drug-likeness (QED) is 0.201. The minimum Gasteiger partial charge on any atom is -0.543 e. The van der Waals surface area contributed by atoms with Crippen LogP contribution in [0.5, 0.6) is 17.2 Å². The molecule has 5 heteroatoms. The molecule has 1 aliphatic rings. The molecule has 4 rings (SSSR count). The van der Waals surface area contributed by atoms with Crippen LogP contribution in [0.2, 0.25) is 18.1 Å². The number of ether oxygens (including phenoxy) is 2. The molecule has 0 aromatic heterocycles. The first-order valence-electron chi connectivity index (χ1n) is 12.6. The Labute approximate surface area is 216 Å². The molecule has 0 bridgehead atoms. The first-order valence-corrected chi connectivity index (χ1v) is 15.5. The predicted octanol–water partition coefficient (Wildman–Crippen LogP) is 8.07. The Balaban J connectivity index is 1.61. The minimum absolute atomic E-state index is 0.118. The third kappa shape index (κ3) is 4.69. The fraction of sp³-hybridized carbons (Fsp3) is 0.387. The smallest absolute Gasteiger partial charge is 0.343 e. The number of fused-ring (bicyclic) bond motifs is 1. The van der Waals surface area contributed by atoms with Gasteiger partial charge in [-0.1, -0.05) is 51.1 Å². The fourth-order valence-electron chi connectivity index (χ4n) is 4.44. The van der Waals surface area contributed by atoms with Crippen molar-refractivity contribution in [2.24, 2.45) is 0 Å². The van der Waals surface area contributed by atoms with E-state index >= 15 is 0 Å². The van der Waals surface area contributed by atoms with Crippen LogP contribution in [-0.2, 0) is 12.0 Å². The van der Waals surface area contributed by atoms with E-state index in [-0.39, 0.29) is 11.0 Å². The number of esters is 1. The fourth-order valence-corrected chi connectivity index (χ4v) is 5.56. The summed E-state index contributed by atoms with van der Waals surface area (Å²) in [5, 5.41) is 0.118. The average molecular weight is 503 g/mol. The van der Waals surface area contributed by atoms with Crippen LogP contribution in [0.25, 0.3) is 0 Å². The summed E-state index contributed by atoms with van der Waals surface area (Å²) in [7, 11) is -1.99. The van der Waals surface area contributed by atoms with E-state index in [0.717, 1.165) is 34.6 Å². The molecule has 3 aromatic carbocycles. The zero-order chi connectivity index (χ0) is 26.5. The van der Waals surface area contributed by atoms with Gasteiger partial charge in [0.15, 0.2) is 0 Å². The van der Waals surface area contributed by atoms with Crippen molar-refractivity contribution in [1.82, 2.24) is 0 Å². The van der Waals surface area contributed by atoms with Crippen LogP contribution in [0.3, 0.4) is 0 Å². The highest BCUT2D eigenvalue weighted by molar-refractivity contribution is 6.74. The van der Waals surface area contributed by atoms with Crippen LogP contribution in [-0.4, -0.2) is 14.3 Å². The van der Waals surface area contributed by atoms with Crippen LogP contribution in [0.4, 0.5) is 0 Å². The predicted molar refractivity (Wildman–Crippen MR) is 148 cm³/mol. The molecule has 0 radical (unpaired) electrons. The lowest BCUT2D eigenvalue weighted by Gasteiger charge is -2.38. The van der Waals surface area contributed by atoms with Crippen LogP contribution in [0.1, 0.15) is 65.9 Å². The maximum Gasteiger partial charge on any atom is 0.343 e. The number of hydrogen-bond acceptors (Lipinski definition) is 4. The second kappa shape index (κ2) is 9.11. The van der Waals surface area contributed by atoms with Gasteiger partial charge in [0, 0.05) is 12.0 Å². The van der Waals surface area contributed by atoms with E-state index in [1.54, 1.807) is 12.1 Å². The number of benzene rings is 3. The van der Waals surface area contributed by atoms with Gasteiger partial charge >= 0.3 is 5.97 Å². The van der Waals surface area contributed by atoms with Crippen LogP contribution < -0.4 is 13.9 Å². The summed E-state index contributed by atoms with van der Waals surface area (Å²) < 4.78 is 19.0. The van der Waals surface area contributed by atoms with Gasteiger partial charge in [0.2, 0.25) is 0 Å². The SMILES string of the molecule is Cc1c(C)c2c(c(C)c1O[Si](C)(C)C(C)(C)C)CC(C)(c1ccc(C(=O)Oc3ccccc3)cc1)O2. The van der Waals surface area contributed by atoms with E-state index < -0.39 is 13.9 Å². The molecular formula is C31H38O4Si. The number of carbonyl (C=O) groups is 1. The van der Waals surface area contributed by atoms with Gasteiger partial charge in [0.05, 0.1) is 5.56 Å². The highest BCUT2D eigenvalue weighted by Gasteiger charge is 2.43. The van der Waals surface area contributed by atoms with Gasteiger partial charge in [0.1, 0.15) is 22.8 Å². The lowest BCUT2D eigenvalue weighted by Crippen LogP contribution is -2.44. The number of hydrogen-bond donors (Lipinski definition) is 0. The van der Waals surface area contributed by atoms with Crippen molar-refractivity contribution in [3.8, 4) is 17.2 Å². The summed E-state index contributed by atoms with van der Waals surface area (Å²) in [4.78, 5) is 12.6. The Hall–Kier alpha value is -3.05. The van der Waals surface area contributed by atoms with Gasteiger partial charge in [-0.05, 0) is 92.3 Å². The highest BCUT2D eigenvalue weighted by atomic mass is 28.4. The molecule has 190 valence electrons. The molecule has 4 nitrogen and oxygen atoms in total. The largest absolute Gasteiger partial charge is 0.543 e. The topological polar surface area (TPSA) is 44.8 Å². The lowest BCUT2D eigenvalue weighted by atomic mass is 9.88. The van der Waals surface area contributed by atoms with Crippen molar-refractivity contribution in [3.05, 3.63) is 88.0 Å². The zero-order valence-electron chi connectivity index (χ0n) is 23.0. The molecule has 1 aliphatic heterocycles. The molecule has 1 unspecified atom stereocenters. The van der Waals surface area contributed by atoms with Crippen LogP contribution >= 0.6 is 0 Å². The van der Waals surface area contributed by atoms with Crippen molar-refractivity contribution in [3.63, 3.8) is 0 Å². The Bertz CT molecular complexity index is 1290. The average Bonchev–Trinajstić information content (AvgIpc) is 3.20. The van der Waals surface area contributed by atoms with Crippen molar-refractivity contribution in [2.75, 3.05) is 0 Å². The maximum absolute atomic E-state index is 12.6. The van der Waals surface area contributed by atoms with Crippen molar-refractivity contribution in [2.45, 2.75) is 78.6 Å². The number of rotatable bonds is 5. The molecule has 3 aromatic rings. The lowest BCUT2D eigenvalue weighted by molar-refractivity contribution is 0.0734. The monoisotopic (exact) mass is 502 g/mol. The summed E-state index contributed by atoms with van der Waals surface area (Å²) in [6, 6.07) is 16.7. The van der Waals surface area contributed by atoms with Crippen LogP contribution in [0.15, 0.2) is 54.6 Å². The molecule has 1 atom stereocenters. The maximum atomic E-state index is 12.6. The summed E-state index contributed by atoms with van der Waals surface area (Å²) in [5.74, 6) is 2.14. The van der Waals surface area contributed by atoms with E-state index in [0.29, 0.717) is 11.3 Å². The van der Waals surface area contributed by atoms with Gasteiger partial charge < -0.3 is 13.9 Å². The van der Waals surface area contributed by atoms with Crippen molar-refractivity contribution < 1.29 is 18.7 Å². The molecule has 0 amide bonds. The molecule has 0 aliphatic carbocycles. The first kappa shape index (κ1) is 26.0. The number of para-hydroxylation sites is 1. The molecule has 0 saturated heterocycles. The molecule has 0 N–H and O–H groups in total. The standard InChI is InChI=1S/C31H38O4Si/c1-20-21(2)28-26(22(3)27(20)35-36(8,9)30(4,5)6)19-31(7,34-28)24-17-15-23(16-18-24)29(32)33-25-13-11-10-12-14-25/h10-18H,19H2,1-9H3. The number of carbonyl (C=O) groups excluding carboxylic acids is 1. The van der Waals surface area contributed by atoms with E-state index in [2.05, 4.69) is 61.6 Å².